The predicted molar refractivity (Wildman–Crippen MR) is 58.4 cm³/mol. The highest BCUT2D eigenvalue weighted by Crippen LogP contribution is 2.04. The van der Waals surface area contributed by atoms with Crippen molar-refractivity contribution < 1.29 is 10.2 Å². The Labute approximate surface area is 90.0 Å². The first-order valence-corrected chi connectivity index (χ1v) is 4.98. The Balaban J connectivity index is 2.53. The second-order valence-electron chi connectivity index (χ2n) is 4.06. The van der Waals surface area contributed by atoms with Crippen molar-refractivity contribution in [1.82, 2.24) is 10.3 Å². The number of aliphatic hydroxyl groups is 2. The molecule has 0 saturated heterocycles. The van der Waals surface area contributed by atoms with Crippen molar-refractivity contribution in [3.8, 4) is 0 Å². The molecule has 0 saturated carbocycles. The van der Waals surface area contributed by atoms with Crippen LogP contribution >= 0.6 is 0 Å². The van der Waals surface area contributed by atoms with Crippen molar-refractivity contribution in [3.63, 3.8) is 0 Å². The molecule has 0 aromatic carbocycles. The SMILES string of the molecule is Cc1ccc(CNC(C)(CO)CO)nc1. The van der Waals surface area contributed by atoms with Gasteiger partial charge in [-0.3, -0.25) is 4.98 Å². The fraction of sp³-hybridized carbons (Fsp3) is 0.545. The van der Waals surface area contributed by atoms with Gasteiger partial charge >= 0.3 is 0 Å². The molecular weight excluding hydrogens is 192 g/mol. The number of hydrogen-bond donors (Lipinski definition) is 3. The van der Waals surface area contributed by atoms with Crippen molar-refractivity contribution in [1.29, 1.82) is 0 Å². The predicted octanol–water partition coefficient (Wildman–Crippen LogP) is 0.223. The van der Waals surface area contributed by atoms with E-state index in [-0.39, 0.29) is 13.2 Å². The number of nitrogens with zero attached hydrogens (tertiary/aromatic N) is 1. The van der Waals surface area contributed by atoms with Crippen LogP contribution in [0, 0.1) is 6.92 Å². The lowest BCUT2D eigenvalue weighted by Crippen LogP contribution is -2.48. The monoisotopic (exact) mass is 210 g/mol. The van der Waals surface area contributed by atoms with Gasteiger partial charge < -0.3 is 15.5 Å². The van der Waals surface area contributed by atoms with Crippen LogP contribution in [-0.2, 0) is 6.54 Å². The van der Waals surface area contributed by atoms with E-state index in [0.717, 1.165) is 11.3 Å². The van der Waals surface area contributed by atoms with Gasteiger partial charge in [0.1, 0.15) is 0 Å². The topological polar surface area (TPSA) is 65.4 Å². The molecule has 1 aromatic heterocycles. The lowest BCUT2D eigenvalue weighted by molar-refractivity contribution is 0.103. The van der Waals surface area contributed by atoms with E-state index in [1.165, 1.54) is 0 Å². The highest BCUT2D eigenvalue weighted by atomic mass is 16.3. The first kappa shape index (κ1) is 12.1. The number of aromatic nitrogens is 1. The Morgan fingerprint density at radius 3 is 2.47 bits per heavy atom. The lowest BCUT2D eigenvalue weighted by atomic mass is 10.1. The Kier molecular flexibility index (Phi) is 4.20. The van der Waals surface area contributed by atoms with Gasteiger partial charge in [-0.25, -0.2) is 0 Å². The van der Waals surface area contributed by atoms with E-state index in [4.69, 9.17) is 10.2 Å². The molecule has 0 bridgehead atoms. The third-order valence-corrected chi connectivity index (χ3v) is 2.37. The third-order valence-electron chi connectivity index (χ3n) is 2.37. The van der Waals surface area contributed by atoms with Crippen molar-refractivity contribution >= 4 is 0 Å². The van der Waals surface area contributed by atoms with Crippen LogP contribution in [0.15, 0.2) is 18.3 Å². The lowest BCUT2D eigenvalue weighted by Gasteiger charge is -2.26. The van der Waals surface area contributed by atoms with Gasteiger partial charge in [0.25, 0.3) is 0 Å². The molecule has 0 unspecified atom stereocenters. The fourth-order valence-corrected chi connectivity index (χ4v) is 1.07. The maximum atomic E-state index is 9.06. The second kappa shape index (κ2) is 5.21. The van der Waals surface area contributed by atoms with Gasteiger partial charge in [-0.2, -0.15) is 0 Å². The fourth-order valence-electron chi connectivity index (χ4n) is 1.07. The summed E-state index contributed by atoms with van der Waals surface area (Å²) >= 11 is 0. The Bertz CT molecular complexity index is 294. The zero-order chi connectivity index (χ0) is 11.3. The molecule has 0 amide bonds. The minimum atomic E-state index is -0.646. The number of aryl methyl sites for hydroxylation is 1. The van der Waals surface area contributed by atoms with Crippen LogP contribution in [0.2, 0.25) is 0 Å². The molecule has 0 aliphatic carbocycles. The molecule has 15 heavy (non-hydrogen) atoms. The van der Waals surface area contributed by atoms with E-state index in [2.05, 4.69) is 10.3 Å². The third kappa shape index (κ3) is 3.58. The van der Waals surface area contributed by atoms with Crippen LogP contribution in [0.4, 0.5) is 0 Å². The molecule has 3 N–H and O–H groups in total. The van der Waals surface area contributed by atoms with Gasteiger partial charge in [0.15, 0.2) is 0 Å². The van der Waals surface area contributed by atoms with Crippen LogP contribution in [0.1, 0.15) is 18.2 Å². The molecule has 1 heterocycles. The number of aliphatic hydroxyl groups excluding tert-OH is 2. The Morgan fingerprint density at radius 2 is 2.00 bits per heavy atom. The number of rotatable bonds is 5. The van der Waals surface area contributed by atoms with E-state index in [9.17, 15) is 0 Å². The summed E-state index contributed by atoms with van der Waals surface area (Å²) in [5.41, 5.74) is 1.37. The molecule has 0 spiro atoms. The summed E-state index contributed by atoms with van der Waals surface area (Å²) in [6, 6.07) is 3.91. The van der Waals surface area contributed by atoms with Crippen molar-refractivity contribution in [3.05, 3.63) is 29.6 Å². The average Bonchev–Trinajstić information content (AvgIpc) is 2.28. The van der Waals surface area contributed by atoms with E-state index >= 15 is 0 Å². The minimum Gasteiger partial charge on any atom is -0.394 e. The van der Waals surface area contributed by atoms with Crippen LogP contribution < -0.4 is 5.32 Å². The highest BCUT2D eigenvalue weighted by molar-refractivity contribution is 5.12. The first-order chi connectivity index (χ1) is 7.09. The molecule has 0 aliphatic heterocycles. The maximum Gasteiger partial charge on any atom is 0.0633 e. The largest absolute Gasteiger partial charge is 0.394 e. The van der Waals surface area contributed by atoms with E-state index < -0.39 is 5.54 Å². The van der Waals surface area contributed by atoms with E-state index in [0.29, 0.717) is 6.54 Å². The van der Waals surface area contributed by atoms with Crippen LogP contribution in [0.3, 0.4) is 0 Å². The van der Waals surface area contributed by atoms with Crippen LogP contribution in [-0.4, -0.2) is 33.9 Å². The number of nitrogens with one attached hydrogen (secondary N) is 1. The molecule has 0 radical (unpaired) electrons. The summed E-state index contributed by atoms with van der Waals surface area (Å²) in [5, 5.41) is 21.2. The van der Waals surface area contributed by atoms with Gasteiger partial charge in [-0.15, -0.1) is 0 Å². The molecule has 4 nitrogen and oxygen atoms in total. The van der Waals surface area contributed by atoms with E-state index in [1.54, 1.807) is 13.1 Å². The number of pyridine rings is 1. The zero-order valence-electron chi connectivity index (χ0n) is 9.20. The summed E-state index contributed by atoms with van der Waals surface area (Å²) in [7, 11) is 0. The number of hydrogen-bond acceptors (Lipinski definition) is 4. The summed E-state index contributed by atoms with van der Waals surface area (Å²) in [6.45, 7) is 4.08. The van der Waals surface area contributed by atoms with Crippen LogP contribution in [0.5, 0.6) is 0 Å². The average molecular weight is 210 g/mol. The first-order valence-electron chi connectivity index (χ1n) is 4.98. The zero-order valence-corrected chi connectivity index (χ0v) is 9.20. The van der Waals surface area contributed by atoms with Gasteiger partial charge in [0, 0.05) is 12.7 Å². The minimum absolute atomic E-state index is 0.102. The molecule has 1 rings (SSSR count). The van der Waals surface area contributed by atoms with Gasteiger partial charge in [-0.1, -0.05) is 6.07 Å². The molecule has 0 aliphatic rings. The van der Waals surface area contributed by atoms with Crippen LogP contribution in [0.25, 0.3) is 0 Å². The molecule has 84 valence electrons. The molecular formula is C11H18N2O2. The van der Waals surface area contributed by atoms with Gasteiger partial charge in [0.2, 0.25) is 0 Å². The summed E-state index contributed by atoms with van der Waals surface area (Å²) in [5.74, 6) is 0. The quantitative estimate of drug-likeness (QED) is 0.650. The summed E-state index contributed by atoms with van der Waals surface area (Å²) in [6.07, 6.45) is 1.80. The standard InChI is InChI=1S/C11H18N2O2/c1-9-3-4-10(12-5-9)6-13-11(2,7-14)8-15/h3-5,13-15H,6-8H2,1-2H3. The highest BCUT2D eigenvalue weighted by Gasteiger charge is 2.21. The Hall–Kier alpha value is -0.970. The smallest absolute Gasteiger partial charge is 0.0633 e. The van der Waals surface area contributed by atoms with Crippen molar-refractivity contribution in [2.75, 3.05) is 13.2 Å². The summed E-state index contributed by atoms with van der Waals surface area (Å²) in [4.78, 5) is 4.22. The van der Waals surface area contributed by atoms with E-state index in [1.807, 2.05) is 19.1 Å². The van der Waals surface area contributed by atoms with Gasteiger partial charge in [-0.05, 0) is 25.5 Å². The van der Waals surface area contributed by atoms with Crippen molar-refractivity contribution in [2.24, 2.45) is 0 Å². The summed E-state index contributed by atoms with van der Waals surface area (Å²) < 4.78 is 0. The molecule has 0 atom stereocenters. The Morgan fingerprint density at radius 1 is 1.33 bits per heavy atom. The van der Waals surface area contributed by atoms with Crippen molar-refractivity contribution in [2.45, 2.75) is 25.9 Å². The molecule has 1 aromatic rings. The molecule has 4 heteroatoms. The second-order valence-corrected chi connectivity index (χ2v) is 4.06. The normalized spacial score (nSPS) is 11.7. The van der Waals surface area contributed by atoms with Gasteiger partial charge in [0.05, 0.1) is 24.4 Å². The maximum absolute atomic E-state index is 9.06. The molecule has 0 fully saturated rings.